The lowest BCUT2D eigenvalue weighted by atomic mass is 9.61. The second kappa shape index (κ2) is 9.13. The monoisotopic (exact) mass is 438 g/mol. The highest BCUT2D eigenvalue weighted by molar-refractivity contribution is 6.03. The van der Waals surface area contributed by atoms with E-state index in [1.54, 1.807) is 7.11 Å². The maximum absolute atomic E-state index is 5.23. The van der Waals surface area contributed by atoms with Gasteiger partial charge in [0.25, 0.3) is 0 Å². The summed E-state index contributed by atoms with van der Waals surface area (Å²) >= 11 is 0. The Morgan fingerprint density at radius 1 is 0.909 bits per heavy atom. The Morgan fingerprint density at radius 3 is 2.30 bits per heavy atom. The number of rotatable bonds is 6. The first kappa shape index (κ1) is 21.9. The van der Waals surface area contributed by atoms with Crippen LogP contribution in [0.5, 0.6) is 0 Å². The quantitative estimate of drug-likeness (QED) is 0.372. The lowest BCUT2D eigenvalue weighted by Gasteiger charge is -2.44. The fourth-order valence-electron chi connectivity index (χ4n) is 5.79. The molecule has 0 N–H and O–H groups in total. The lowest BCUT2D eigenvalue weighted by Crippen LogP contribution is -2.35. The van der Waals surface area contributed by atoms with E-state index in [1.807, 2.05) is 0 Å². The molecule has 0 aliphatic heterocycles. The number of nitrogens with zero attached hydrogens (tertiary/aromatic N) is 2. The van der Waals surface area contributed by atoms with Gasteiger partial charge in [0.15, 0.2) is 0 Å². The number of oxime groups is 1. The van der Waals surface area contributed by atoms with Gasteiger partial charge in [0, 0.05) is 16.7 Å². The van der Waals surface area contributed by atoms with Crippen molar-refractivity contribution in [3.63, 3.8) is 0 Å². The van der Waals surface area contributed by atoms with Gasteiger partial charge in [-0.05, 0) is 67.1 Å². The van der Waals surface area contributed by atoms with Gasteiger partial charge in [-0.3, -0.25) is 4.98 Å². The summed E-state index contributed by atoms with van der Waals surface area (Å²) in [5.41, 5.74) is 9.75. The van der Waals surface area contributed by atoms with E-state index >= 15 is 0 Å². The average molecular weight is 439 g/mol. The van der Waals surface area contributed by atoms with E-state index in [2.05, 4.69) is 79.7 Å². The summed E-state index contributed by atoms with van der Waals surface area (Å²) < 4.78 is 0. The molecule has 2 aliphatic carbocycles. The molecule has 1 fully saturated rings. The summed E-state index contributed by atoms with van der Waals surface area (Å²) in [5, 5.41) is 4.32. The predicted octanol–water partition coefficient (Wildman–Crippen LogP) is 7.57. The van der Waals surface area contributed by atoms with E-state index in [1.165, 1.54) is 42.4 Å². The van der Waals surface area contributed by atoms with Gasteiger partial charge in [0.05, 0.1) is 17.1 Å². The van der Waals surface area contributed by atoms with Gasteiger partial charge in [-0.25, -0.2) is 0 Å². The molecule has 2 aromatic carbocycles. The summed E-state index contributed by atoms with van der Waals surface area (Å²) in [7, 11) is 1.62. The standard InChI is InChI=1S/C30H34N2O/c1-21(2)20-30(17-8-18-30)24-15-13-23(14-16-24)29-25(22-9-5-4-6-10-22)19-26-27(31-29)11-7-12-28(26)32-33-3/h4-6,9-10,13-16,19,21H,7-8,11-12,17-18,20H2,1-3H3. The van der Waals surface area contributed by atoms with Crippen LogP contribution in [0.1, 0.15) is 69.2 Å². The molecule has 3 aromatic rings. The minimum absolute atomic E-state index is 0.379. The Balaban J connectivity index is 1.60. The van der Waals surface area contributed by atoms with Gasteiger partial charge in [-0.1, -0.05) is 80.0 Å². The molecule has 0 saturated heterocycles. The summed E-state index contributed by atoms with van der Waals surface area (Å²) in [6.45, 7) is 4.69. The van der Waals surface area contributed by atoms with Gasteiger partial charge < -0.3 is 4.84 Å². The molecular weight excluding hydrogens is 404 g/mol. The third-order valence-corrected chi connectivity index (χ3v) is 7.41. The molecule has 0 radical (unpaired) electrons. The molecule has 0 unspecified atom stereocenters. The third kappa shape index (κ3) is 4.21. The van der Waals surface area contributed by atoms with Crippen molar-refractivity contribution >= 4 is 5.71 Å². The first-order valence-electron chi connectivity index (χ1n) is 12.4. The highest BCUT2D eigenvalue weighted by Crippen LogP contribution is 2.48. The second-order valence-electron chi connectivity index (χ2n) is 10.1. The van der Waals surface area contributed by atoms with Crippen molar-refractivity contribution in [1.29, 1.82) is 0 Å². The molecule has 3 nitrogen and oxygen atoms in total. The molecule has 33 heavy (non-hydrogen) atoms. The number of aromatic nitrogens is 1. The van der Waals surface area contributed by atoms with Crippen molar-refractivity contribution in [1.82, 2.24) is 4.98 Å². The summed E-state index contributed by atoms with van der Waals surface area (Å²) in [5.74, 6) is 0.722. The average Bonchev–Trinajstić information content (AvgIpc) is 2.82. The van der Waals surface area contributed by atoms with Crippen molar-refractivity contribution in [2.45, 2.75) is 64.2 Å². The zero-order valence-electron chi connectivity index (χ0n) is 20.1. The van der Waals surface area contributed by atoms with Crippen LogP contribution in [0.25, 0.3) is 22.4 Å². The Kier molecular flexibility index (Phi) is 6.05. The van der Waals surface area contributed by atoms with E-state index in [4.69, 9.17) is 9.82 Å². The molecule has 0 amide bonds. The second-order valence-corrected chi connectivity index (χ2v) is 10.1. The largest absolute Gasteiger partial charge is 0.399 e. The van der Waals surface area contributed by atoms with E-state index in [-0.39, 0.29) is 0 Å². The van der Waals surface area contributed by atoms with Crippen molar-refractivity contribution in [2.24, 2.45) is 11.1 Å². The van der Waals surface area contributed by atoms with Crippen LogP contribution >= 0.6 is 0 Å². The smallest absolute Gasteiger partial charge is 0.106 e. The highest BCUT2D eigenvalue weighted by atomic mass is 16.6. The van der Waals surface area contributed by atoms with Gasteiger partial charge in [0.1, 0.15) is 7.11 Å². The van der Waals surface area contributed by atoms with Crippen LogP contribution in [0.15, 0.2) is 65.8 Å². The van der Waals surface area contributed by atoms with E-state index in [9.17, 15) is 0 Å². The number of aryl methyl sites for hydroxylation is 1. The van der Waals surface area contributed by atoms with Gasteiger partial charge in [-0.15, -0.1) is 0 Å². The molecule has 1 saturated carbocycles. The Hall–Kier alpha value is -2.94. The fraction of sp³-hybridized carbons (Fsp3) is 0.400. The van der Waals surface area contributed by atoms with Crippen LogP contribution in [0.3, 0.4) is 0 Å². The van der Waals surface area contributed by atoms with Crippen molar-refractivity contribution < 1.29 is 4.84 Å². The van der Waals surface area contributed by atoms with E-state index < -0.39 is 0 Å². The third-order valence-electron chi connectivity index (χ3n) is 7.41. The van der Waals surface area contributed by atoms with Gasteiger partial charge in [0.2, 0.25) is 0 Å². The molecule has 0 atom stereocenters. The molecule has 170 valence electrons. The maximum atomic E-state index is 5.23. The minimum Gasteiger partial charge on any atom is -0.399 e. The van der Waals surface area contributed by atoms with Crippen LogP contribution in [-0.2, 0) is 16.7 Å². The number of fused-ring (bicyclic) bond motifs is 1. The van der Waals surface area contributed by atoms with E-state index in [0.29, 0.717) is 5.41 Å². The van der Waals surface area contributed by atoms with Crippen molar-refractivity contribution in [2.75, 3.05) is 7.11 Å². The maximum Gasteiger partial charge on any atom is 0.106 e. The van der Waals surface area contributed by atoms with Crippen LogP contribution in [0.2, 0.25) is 0 Å². The Morgan fingerprint density at radius 2 is 1.67 bits per heavy atom. The Labute approximate surface area is 197 Å². The zero-order valence-corrected chi connectivity index (χ0v) is 20.1. The fourth-order valence-corrected chi connectivity index (χ4v) is 5.79. The van der Waals surface area contributed by atoms with Crippen LogP contribution in [0.4, 0.5) is 0 Å². The van der Waals surface area contributed by atoms with Crippen molar-refractivity contribution in [3.8, 4) is 22.4 Å². The zero-order chi connectivity index (χ0) is 22.8. The number of benzene rings is 2. The normalized spacial score (nSPS) is 18.1. The van der Waals surface area contributed by atoms with Crippen LogP contribution in [-0.4, -0.2) is 17.8 Å². The molecule has 3 heteroatoms. The summed E-state index contributed by atoms with van der Waals surface area (Å²) in [4.78, 5) is 10.4. The molecular formula is C30H34N2O. The molecule has 1 aromatic heterocycles. The van der Waals surface area contributed by atoms with Crippen molar-refractivity contribution in [3.05, 3.63) is 77.5 Å². The number of hydrogen-bond acceptors (Lipinski definition) is 3. The molecule has 5 rings (SSSR count). The van der Waals surface area contributed by atoms with Crippen LogP contribution < -0.4 is 0 Å². The van der Waals surface area contributed by atoms with E-state index in [0.717, 1.165) is 53.4 Å². The molecule has 0 bridgehead atoms. The number of hydrogen-bond donors (Lipinski definition) is 0. The molecule has 2 aliphatic rings. The summed E-state index contributed by atoms with van der Waals surface area (Å²) in [6.07, 6.45) is 8.24. The molecule has 1 heterocycles. The van der Waals surface area contributed by atoms with Crippen LogP contribution in [0, 0.1) is 5.92 Å². The molecule has 0 spiro atoms. The lowest BCUT2D eigenvalue weighted by molar-refractivity contribution is 0.200. The van der Waals surface area contributed by atoms with Gasteiger partial charge in [-0.2, -0.15) is 0 Å². The summed E-state index contributed by atoms with van der Waals surface area (Å²) in [6, 6.07) is 22.2. The SMILES string of the molecule is CON=C1CCCc2nc(-c3ccc(C4(CC(C)C)CCC4)cc3)c(-c3ccccc3)cc21. The Bertz CT molecular complexity index is 1140. The number of pyridine rings is 1. The first-order valence-corrected chi connectivity index (χ1v) is 12.4. The first-order chi connectivity index (χ1) is 16.1. The topological polar surface area (TPSA) is 34.5 Å². The van der Waals surface area contributed by atoms with Gasteiger partial charge >= 0.3 is 0 Å². The highest BCUT2D eigenvalue weighted by Gasteiger charge is 2.38. The minimum atomic E-state index is 0.379. The predicted molar refractivity (Wildman–Crippen MR) is 137 cm³/mol.